The molecule has 0 saturated carbocycles. The smallest absolute Gasteiger partial charge is 0.253 e. The van der Waals surface area contributed by atoms with Crippen molar-refractivity contribution < 1.29 is 9.59 Å². The average molecular weight is 394 g/mol. The molecule has 1 N–H and O–H groups in total. The minimum absolute atomic E-state index is 0. The van der Waals surface area contributed by atoms with Crippen molar-refractivity contribution >= 4 is 24.2 Å². The fraction of sp³-hybridized carbons (Fsp3) is 0.619. The number of hydrogen-bond donors (Lipinski definition) is 1. The quantitative estimate of drug-likeness (QED) is 0.855. The molecular weight excluding hydrogens is 362 g/mol. The van der Waals surface area contributed by atoms with E-state index in [1.807, 2.05) is 42.8 Å². The number of likely N-dealkylation sites (tertiary alicyclic amines) is 2. The van der Waals surface area contributed by atoms with Crippen LogP contribution in [0, 0.1) is 25.7 Å². The molecule has 2 atom stereocenters. The van der Waals surface area contributed by atoms with Gasteiger partial charge in [0.25, 0.3) is 5.91 Å². The zero-order chi connectivity index (χ0) is 18.7. The largest absolute Gasteiger partial charge is 0.342 e. The summed E-state index contributed by atoms with van der Waals surface area (Å²) in [6.45, 7) is 8.00. The Labute approximate surface area is 168 Å². The minimum atomic E-state index is -0.0491. The molecule has 2 amide bonds. The molecular formula is C21H32ClN3O2. The number of piperidine rings is 1. The number of amides is 2. The van der Waals surface area contributed by atoms with Gasteiger partial charge in [-0.05, 0) is 64.8 Å². The normalized spacial score (nSPS) is 22.5. The molecule has 2 aliphatic heterocycles. The number of carbonyl (C=O) groups excluding carboxylic acids is 2. The van der Waals surface area contributed by atoms with Crippen LogP contribution in [0.25, 0.3) is 0 Å². The van der Waals surface area contributed by atoms with E-state index in [1.54, 1.807) is 0 Å². The van der Waals surface area contributed by atoms with Gasteiger partial charge in [0, 0.05) is 31.7 Å². The van der Waals surface area contributed by atoms with Crippen molar-refractivity contribution in [2.75, 3.05) is 39.8 Å². The Morgan fingerprint density at radius 1 is 1.04 bits per heavy atom. The molecule has 0 spiro atoms. The standard InChI is InChI=1S/C21H31N3O2.ClH/c1-15-9-16(2)11-19(10-15)21(26)23-7-4-5-18(14-23)20(25)24-8-6-17(13-24)12-22-3;/h9-11,17-18,22H,4-8,12-14H2,1-3H3;1H. The first-order valence-corrected chi connectivity index (χ1v) is 9.79. The van der Waals surface area contributed by atoms with Crippen LogP contribution in [-0.2, 0) is 4.79 Å². The molecule has 150 valence electrons. The number of rotatable bonds is 4. The molecule has 2 aliphatic rings. The van der Waals surface area contributed by atoms with Gasteiger partial charge in [-0.25, -0.2) is 0 Å². The van der Waals surface area contributed by atoms with E-state index in [9.17, 15) is 9.59 Å². The van der Waals surface area contributed by atoms with Gasteiger partial charge in [-0.15, -0.1) is 12.4 Å². The predicted molar refractivity (Wildman–Crippen MR) is 110 cm³/mol. The molecule has 0 aliphatic carbocycles. The second-order valence-electron chi connectivity index (χ2n) is 7.96. The summed E-state index contributed by atoms with van der Waals surface area (Å²) >= 11 is 0. The first-order valence-electron chi connectivity index (χ1n) is 9.79. The molecule has 6 heteroatoms. The number of benzene rings is 1. The van der Waals surface area contributed by atoms with Crippen molar-refractivity contribution in [3.8, 4) is 0 Å². The van der Waals surface area contributed by atoms with Crippen LogP contribution < -0.4 is 5.32 Å². The van der Waals surface area contributed by atoms with Crippen molar-refractivity contribution in [3.05, 3.63) is 34.9 Å². The third kappa shape index (κ3) is 5.23. The van der Waals surface area contributed by atoms with E-state index in [0.717, 1.165) is 62.1 Å². The summed E-state index contributed by atoms with van der Waals surface area (Å²) in [6, 6.07) is 5.97. The summed E-state index contributed by atoms with van der Waals surface area (Å²) < 4.78 is 0. The van der Waals surface area contributed by atoms with Crippen LogP contribution in [0.2, 0.25) is 0 Å². The minimum Gasteiger partial charge on any atom is -0.342 e. The Kier molecular flexibility index (Phi) is 7.68. The first-order chi connectivity index (χ1) is 12.5. The third-order valence-electron chi connectivity index (χ3n) is 5.62. The van der Waals surface area contributed by atoms with Crippen molar-refractivity contribution in [1.29, 1.82) is 0 Å². The zero-order valence-electron chi connectivity index (χ0n) is 16.7. The predicted octanol–water partition coefficient (Wildman–Crippen LogP) is 2.65. The van der Waals surface area contributed by atoms with Gasteiger partial charge in [-0.2, -0.15) is 0 Å². The number of aryl methyl sites for hydroxylation is 2. The van der Waals surface area contributed by atoms with E-state index in [-0.39, 0.29) is 30.1 Å². The summed E-state index contributed by atoms with van der Waals surface area (Å²) in [5, 5.41) is 3.21. The Balaban J connectivity index is 0.00000261. The Bertz CT molecular complexity index is 659. The summed E-state index contributed by atoms with van der Waals surface area (Å²) in [5.74, 6) is 0.804. The number of carbonyl (C=O) groups is 2. The molecule has 5 nitrogen and oxygen atoms in total. The average Bonchev–Trinajstić information content (AvgIpc) is 3.08. The van der Waals surface area contributed by atoms with Gasteiger partial charge in [-0.3, -0.25) is 9.59 Å². The van der Waals surface area contributed by atoms with Crippen LogP contribution in [0.15, 0.2) is 18.2 Å². The fourth-order valence-corrected chi connectivity index (χ4v) is 4.39. The molecule has 2 heterocycles. The maximum absolute atomic E-state index is 12.9. The van der Waals surface area contributed by atoms with Gasteiger partial charge in [-0.1, -0.05) is 17.2 Å². The lowest BCUT2D eigenvalue weighted by molar-refractivity contribution is -0.136. The van der Waals surface area contributed by atoms with Gasteiger partial charge >= 0.3 is 0 Å². The summed E-state index contributed by atoms with van der Waals surface area (Å²) in [5.41, 5.74) is 2.95. The fourth-order valence-electron chi connectivity index (χ4n) is 4.39. The molecule has 0 bridgehead atoms. The molecule has 2 unspecified atom stereocenters. The summed E-state index contributed by atoms with van der Waals surface area (Å²) in [6.07, 6.45) is 2.87. The van der Waals surface area contributed by atoms with Gasteiger partial charge in [0.15, 0.2) is 0 Å². The maximum atomic E-state index is 12.9. The van der Waals surface area contributed by atoms with Crippen molar-refractivity contribution in [2.24, 2.45) is 11.8 Å². The van der Waals surface area contributed by atoms with Crippen LogP contribution in [0.3, 0.4) is 0 Å². The van der Waals surface area contributed by atoms with E-state index in [0.29, 0.717) is 12.5 Å². The summed E-state index contributed by atoms with van der Waals surface area (Å²) in [7, 11) is 1.96. The van der Waals surface area contributed by atoms with Gasteiger partial charge in [0.05, 0.1) is 5.92 Å². The molecule has 2 saturated heterocycles. The maximum Gasteiger partial charge on any atom is 0.253 e. The van der Waals surface area contributed by atoms with Crippen LogP contribution in [0.1, 0.15) is 40.7 Å². The van der Waals surface area contributed by atoms with E-state index >= 15 is 0 Å². The van der Waals surface area contributed by atoms with Crippen molar-refractivity contribution in [3.63, 3.8) is 0 Å². The second kappa shape index (κ2) is 9.56. The number of nitrogens with zero attached hydrogens (tertiary/aromatic N) is 2. The van der Waals surface area contributed by atoms with Crippen LogP contribution in [-0.4, -0.2) is 61.4 Å². The van der Waals surface area contributed by atoms with Gasteiger partial charge < -0.3 is 15.1 Å². The molecule has 27 heavy (non-hydrogen) atoms. The van der Waals surface area contributed by atoms with Crippen molar-refractivity contribution in [1.82, 2.24) is 15.1 Å². The van der Waals surface area contributed by atoms with E-state index in [1.165, 1.54) is 0 Å². The van der Waals surface area contributed by atoms with Gasteiger partial charge in [0.2, 0.25) is 5.91 Å². The molecule has 1 aromatic rings. The Morgan fingerprint density at radius 3 is 2.41 bits per heavy atom. The number of nitrogens with one attached hydrogen (secondary N) is 1. The Morgan fingerprint density at radius 2 is 1.74 bits per heavy atom. The van der Waals surface area contributed by atoms with Crippen LogP contribution in [0.4, 0.5) is 0 Å². The highest BCUT2D eigenvalue weighted by Crippen LogP contribution is 2.24. The molecule has 0 aromatic heterocycles. The highest BCUT2D eigenvalue weighted by Gasteiger charge is 2.34. The molecule has 2 fully saturated rings. The number of halogens is 1. The topological polar surface area (TPSA) is 52.7 Å². The zero-order valence-corrected chi connectivity index (χ0v) is 17.5. The highest BCUT2D eigenvalue weighted by atomic mass is 35.5. The van der Waals surface area contributed by atoms with Crippen LogP contribution >= 0.6 is 12.4 Å². The molecule has 1 aromatic carbocycles. The summed E-state index contributed by atoms with van der Waals surface area (Å²) in [4.78, 5) is 29.7. The lowest BCUT2D eigenvalue weighted by Gasteiger charge is -2.34. The lowest BCUT2D eigenvalue weighted by Crippen LogP contribution is -2.46. The SMILES string of the molecule is CNCC1CCN(C(=O)C2CCCN(C(=O)c3cc(C)cc(C)c3)C2)C1.Cl. The highest BCUT2D eigenvalue weighted by molar-refractivity contribution is 5.95. The van der Waals surface area contributed by atoms with E-state index in [4.69, 9.17) is 0 Å². The third-order valence-corrected chi connectivity index (χ3v) is 5.62. The Hall–Kier alpha value is -1.59. The second-order valence-corrected chi connectivity index (χ2v) is 7.96. The first kappa shape index (κ1) is 21.7. The van der Waals surface area contributed by atoms with Crippen LogP contribution in [0.5, 0.6) is 0 Å². The van der Waals surface area contributed by atoms with Crippen molar-refractivity contribution in [2.45, 2.75) is 33.1 Å². The molecule has 0 radical (unpaired) electrons. The number of hydrogen-bond acceptors (Lipinski definition) is 3. The molecule has 3 rings (SSSR count). The monoisotopic (exact) mass is 393 g/mol. The van der Waals surface area contributed by atoms with E-state index < -0.39 is 0 Å². The van der Waals surface area contributed by atoms with Gasteiger partial charge in [0.1, 0.15) is 0 Å². The lowest BCUT2D eigenvalue weighted by atomic mass is 9.95. The van der Waals surface area contributed by atoms with E-state index in [2.05, 4.69) is 11.4 Å².